The zero-order chi connectivity index (χ0) is 23.0. The van der Waals surface area contributed by atoms with Crippen LogP contribution in [0.15, 0.2) is 36.4 Å². The molecule has 0 bridgehead atoms. The third-order valence-electron chi connectivity index (χ3n) is 4.73. The van der Waals surface area contributed by atoms with E-state index in [-0.39, 0.29) is 13.0 Å². The first-order valence-electron chi connectivity index (χ1n) is 9.49. The van der Waals surface area contributed by atoms with Gasteiger partial charge in [0.15, 0.2) is 0 Å². The number of carboxylic acid groups (broad SMARTS) is 1. The van der Waals surface area contributed by atoms with E-state index in [9.17, 15) is 18.0 Å². The third kappa shape index (κ3) is 4.76. The van der Waals surface area contributed by atoms with Crippen molar-refractivity contribution in [2.24, 2.45) is 0 Å². The molecular formula is C22H17F3N2O3S2. The number of aryl methyl sites for hydroxylation is 2. The summed E-state index contributed by atoms with van der Waals surface area (Å²) < 4.78 is 45.1. The topological polar surface area (TPSA) is 72.3 Å². The number of hydrogen-bond acceptors (Lipinski definition) is 6. The van der Waals surface area contributed by atoms with E-state index in [1.54, 1.807) is 0 Å². The van der Waals surface area contributed by atoms with Gasteiger partial charge in [0.1, 0.15) is 22.4 Å². The Balaban J connectivity index is 1.51. The number of benzene rings is 2. The van der Waals surface area contributed by atoms with Gasteiger partial charge in [0, 0.05) is 5.56 Å². The van der Waals surface area contributed by atoms with Gasteiger partial charge in [-0.05, 0) is 43.7 Å². The van der Waals surface area contributed by atoms with E-state index in [4.69, 9.17) is 9.84 Å². The SMILES string of the molecule is Cc1nc(-c2ccc(C(F)(F)F)cc2)sc1COc1cc(C)c2nc(CC(=O)O)sc2c1. The van der Waals surface area contributed by atoms with Crippen LogP contribution in [-0.4, -0.2) is 21.0 Å². The predicted octanol–water partition coefficient (Wildman–Crippen LogP) is 6.26. The Morgan fingerprint density at radius 1 is 1.09 bits per heavy atom. The van der Waals surface area contributed by atoms with Gasteiger partial charge in [-0.2, -0.15) is 13.2 Å². The molecule has 32 heavy (non-hydrogen) atoms. The molecule has 2 aromatic heterocycles. The highest BCUT2D eigenvalue weighted by molar-refractivity contribution is 7.18. The van der Waals surface area contributed by atoms with Crippen molar-refractivity contribution < 1.29 is 27.8 Å². The number of ether oxygens (including phenoxy) is 1. The van der Waals surface area contributed by atoms with Crippen LogP contribution in [0.1, 0.15) is 26.7 Å². The zero-order valence-electron chi connectivity index (χ0n) is 17.0. The first-order valence-corrected chi connectivity index (χ1v) is 11.1. The molecule has 2 aromatic carbocycles. The van der Waals surface area contributed by atoms with Crippen LogP contribution in [0.4, 0.5) is 13.2 Å². The van der Waals surface area contributed by atoms with Gasteiger partial charge in [0.25, 0.3) is 0 Å². The Labute approximate surface area is 189 Å². The van der Waals surface area contributed by atoms with Crippen molar-refractivity contribution in [1.82, 2.24) is 9.97 Å². The number of aliphatic carboxylic acids is 1. The van der Waals surface area contributed by atoms with Gasteiger partial charge in [-0.3, -0.25) is 4.79 Å². The fraction of sp³-hybridized carbons (Fsp3) is 0.227. The van der Waals surface area contributed by atoms with E-state index in [2.05, 4.69) is 9.97 Å². The second kappa shape index (κ2) is 8.51. The van der Waals surface area contributed by atoms with Crippen LogP contribution < -0.4 is 4.74 Å². The van der Waals surface area contributed by atoms with Crippen molar-refractivity contribution in [2.75, 3.05) is 0 Å². The summed E-state index contributed by atoms with van der Waals surface area (Å²) in [6.45, 7) is 3.98. The number of nitrogens with zero attached hydrogens (tertiary/aromatic N) is 2. The number of thiazole rings is 2. The maximum atomic E-state index is 12.8. The summed E-state index contributed by atoms with van der Waals surface area (Å²) in [5.74, 6) is -0.299. The molecule has 5 nitrogen and oxygen atoms in total. The van der Waals surface area contributed by atoms with Gasteiger partial charge in [-0.15, -0.1) is 22.7 Å². The first-order chi connectivity index (χ1) is 15.1. The molecule has 0 spiro atoms. The van der Waals surface area contributed by atoms with Crippen molar-refractivity contribution in [3.8, 4) is 16.3 Å². The van der Waals surface area contributed by atoms with Gasteiger partial charge >= 0.3 is 12.1 Å². The maximum absolute atomic E-state index is 12.8. The van der Waals surface area contributed by atoms with Gasteiger partial charge in [0.05, 0.1) is 32.8 Å². The fourth-order valence-corrected chi connectivity index (χ4v) is 5.18. The molecule has 0 aliphatic heterocycles. The molecule has 0 fully saturated rings. The fourth-order valence-electron chi connectivity index (χ4n) is 3.14. The number of fused-ring (bicyclic) bond motifs is 1. The molecule has 1 N–H and O–H groups in total. The lowest BCUT2D eigenvalue weighted by atomic mass is 10.1. The van der Waals surface area contributed by atoms with Crippen molar-refractivity contribution >= 4 is 38.9 Å². The Kier molecular flexibility index (Phi) is 5.91. The number of halogens is 3. The van der Waals surface area contributed by atoms with Crippen LogP contribution >= 0.6 is 22.7 Å². The monoisotopic (exact) mass is 478 g/mol. The smallest absolute Gasteiger partial charge is 0.416 e. The Hall–Kier alpha value is -2.98. The van der Waals surface area contributed by atoms with Crippen molar-refractivity contribution in [3.05, 3.63) is 63.1 Å². The minimum atomic E-state index is -4.37. The number of carbonyl (C=O) groups is 1. The van der Waals surface area contributed by atoms with Gasteiger partial charge in [-0.25, -0.2) is 9.97 Å². The molecule has 4 aromatic rings. The number of alkyl halides is 3. The molecule has 0 aliphatic rings. The molecule has 0 aliphatic carbocycles. The molecule has 2 heterocycles. The molecule has 166 valence electrons. The second-order valence-corrected chi connectivity index (χ2v) is 9.36. The van der Waals surface area contributed by atoms with E-state index in [1.807, 2.05) is 26.0 Å². The summed E-state index contributed by atoms with van der Waals surface area (Å²) in [4.78, 5) is 20.7. The number of hydrogen-bond donors (Lipinski definition) is 1. The highest BCUT2D eigenvalue weighted by atomic mass is 32.1. The summed E-state index contributed by atoms with van der Waals surface area (Å²) in [5.41, 5.74) is 2.32. The van der Waals surface area contributed by atoms with Crippen LogP contribution in [0.2, 0.25) is 0 Å². The van der Waals surface area contributed by atoms with E-state index >= 15 is 0 Å². The summed E-state index contributed by atoms with van der Waals surface area (Å²) >= 11 is 2.69. The molecule has 0 unspecified atom stereocenters. The maximum Gasteiger partial charge on any atom is 0.416 e. The standard InChI is InChI=1S/C22H17F3N2O3S2/c1-11-7-15(8-16-20(11)27-18(31-16)9-19(28)29)30-10-17-12(2)26-21(32-17)13-3-5-14(6-4-13)22(23,24)25/h3-8H,9-10H2,1-2H3,(H,28,29). The van der Waals surface area contributed by atoms with Gasteiger partial charge < -0.3 is 9.84 Å². The molecule has 10 heteroatoms. The minimum Gasteiger partial charge on any atom is -0.488 e. The van der Waals surface area contributed by atoms with E-state index in [0.29, 0.717) is 21.3 Å². The molecule has 0 saturated carbocycles. The van der Waals surface area contributed by atoms with E-state index in [1.165, 1.54) is 34.8 Å². The number of aromatic nitrogens is 2. The lowest BCUT2D eigenvalue weighted by molar-refractivity contribution is -0.138. The highest BCUT2D eigenvalue weighted by Crippen LogP contribution is 2.34. The Morgan fingerprint density at radius 2 is 1.81 bits per heavy atom. The number of carboxylic acids is 1. The molecular weight excluding hydrogens is 461 g/mol. The summed E-state index contributed by atoms with van der Waals surface area (Å²) in [5, 5.41) is 10.1. The zero-order valence-corrected chi connectivity index (χ0v) is 18.6. The van der Waals surface area contributed by atoms with Gasteiger partial charge in [-0.1, -0.05) is 12.1 Å². The van der Waals surface area contributed by atoms with E-state index < -0.39 is 17.7 Å². The largest absolute Gasteiger partial charge is 0.488 e. The normalized spacial score (nSPS) is 11.8. The summed E-state index contributed by atoms with van der Waals surface area (Å²) in [7, 11) is 0. The average molecular weight is 479 g/mol. The quantitative estimate of drug-likeness (QED) is 0.354. The lowest BCUT2D eigenvalue weighted by Crippen LogP contribution is -2.03. The average Bonchev–Trinajstić information content (AvgIpc) is 3.28. The Morgan fingerprint density at radius 3 is 2.47 bits per heavy atom. The summed E-state index contributed by atoms with van der Waals surface area (Å²) in [6, 6.07) is 8.61. The number of rotatable bonds is 6. The van der Waals surface area contributed by atoms with E-state index in [0.717, 1.165) is 38.5 Å². The molecule has 0 saturated heterocycles. The van der Waals surface area contributed by atoms with Crippen molar-refractivity contribution in [2.45, 2.75) is 33.1 Å². The van der Waals surface area contributed by atoms with Crippen LogP contribution in [0.3, 0.4) is 0 Å². The summed E-state index contributed by atoms with van der Waals surface area (Å²) in [6.07, 6.45) is -4.50. The van der Waals surface area contributed by atoms with Crippen LogP contribution in [0.25, 0.3) is 20.8 Å². The molecule has 0 amide bonds. The van der Waals surface area contributed by atoms with Crippen LogP contribution in [-0.2, 0) is 24.0 Å². The lowest BCUT2D eigenvalue weighted by Gasteiger charge is -2.07. The predicted molar refractivity (Wildman–Crippen MR) is 117 cm³/mol. The highest BCUT2D eigenvalue weighted by Gasteiger charge is 2.30. The first kappa shape index (κ1) is 22.2. The van der Waals surface area contributed by atoms with Crippen LogP contribution in [0, 0.1) is 13.8 Å². The molecule has 0 atom stereocenters. The van der Waals surface area contributed by atoms with Crippen molar-refractivity contribution in [1.29, 1.82) is 0 Å². The molecule has 4 rings (SSSR count). The van der Waals surface area contributed by atoms with Gasteiger partial charge in [0.2, 0.25) is 0 Å². The molecule has 0 radical (unpaired) electrons. The van der Waals surface area contributed by atoms with Crippen LogP contribution in [0.5, 0.6) is 5.75 Å². The Bertz CT molecular complexity index is 1290. The second-order valence-electron chi connectivity index (χ2n) is 7.16. The third-order valence-corrected chi connectivity index (χ3v) is 6.91. The minimum absolute atomic E-state index is 0.123. The van der Waals surface area contributed by atoms with Crippen molar-refractivity contribution in [3.63, 3.8) is 0 Å².